The minimum Gasteiger partial charge on any atom is -0.487 e. The number of fused-ring (bicyclic) bond motifs is 2. The van der Waals surface area contributed by atoms with E-state index in [1.54, 1.807) is 4.90 Å². The summed E-state index contributed by atoms with van der Waals surface area (Å²) in [6.45, 7) is 1.50. The van der Waals surface area contributed by atoms with Crippen molar-refractivity contribution in [3.05, 3.63) is 59.7 Å². The molecule has 0 saturated carbocycles. The van der Waals surface area contributed by atoms with Gasteiger partial charge in [0.1, 0.15) is 17.9 Å². The van der Waals surface area contributed by atoms with Gasteiger partial charge in [0, 0.05) is 31.6 Å². The van der Waals surface area contributed by atoms with E-state index < -0.39 is 0 Å². The first-order chi connectivity index (χ1) is 13.6. The minimum absolute atomic E-state index is 0.00949. The smallest absolute Gasteiger partial charge is 0.242 e. The molecule has 0 N–H and O–H groups in total. The molecule has 1 fully saturated rings. The van der Waals surface area contributed by atoms with Gasteiger partial charge in [-0.1, -0.05) is 36.4 Å². The molecule has 0 aromatic heterocycles. The molecular formula is C23H24N2O3. The Morgan fingerprint density at radius 1 is 0.964 bits per heavy atom. The van der Waals surface area contributed by atoms with Crippen molar-refractivity contribution in [1.29, 1.82) is 0 Å². The van der Waals surface area contributed by atoms with Crippen LogP contribution in [0.4, 0.5) is 5.69 Å². The van der Waals surface area contributed by atoms with E-state index >= 15 is 0 Å². The number of nitrogens with zero attached hydrogens (tertiary/aromatic N) is 2. The topological polar surface area (TPSA) is 49.9 Å². The van der Waals surface area contributed by atoms with Crippen molar-refractivity contribution in [2.24, 2.45) is 0 Å². The van der Waals surface area contributed by atoms with Crippen molar-refractivity contribution in [1.82, 2.24) is 4.90 Å². The number of hydrogen-bond acceptors (Lipinski definition) is 3. The molecule has 28 heavy (non-hydrogen) atoms. The van der Waals surface area contributed by atoms with Crippen molar-refractivity contribution in [2.45, 2.75) is 37.7 Å². The van der Waals surface area contributed by atoms with Crippen LogP contribution in [0.3, 0.4) is 0 Å². The summed E-state index contributed by atoms with van der Waals surface area (Å²) in [7, 11) is 0. The fourth-order valence-electron chi connectivity index (χ4n) is 4.70. The van der Waals surface area contributed by atoms with Crippen LogP contribution in [0, 0.1) is 0 Å². The monoisotopic (exact) mass is 376 g/mol. The van der Waals surface area contributed by atoms with Gasteiger partial charge < -0.3 is 14.5 Å². The van der Waals surface area contributed by atoms with Crippen LogP contribution in [-0.4, -0.2) is 41.9 Å². The maximum atomic E-state index is 12.9. The van der Waals surface area contributed by atoms with Crippen molar-refractivity contribution < 1.29 is 14.3 Å². The fourth-order valence-corrected chi connectivity index (χ4v) is 4.70. The lowest BCUT2D eigenvalue weighted by molar-refractivity contribution is -0.134. The van der Waals surface area contributed by atoms with Crippen LogP contribution in [0.2, 0.25) is 0 Å². The Labute approximate surface area is 164 Å². The zero-order valence-electron chi connectivity index (χ0n) is 15.9. The highest BCUT2D eigenvalue weighted by molar-refractivity contribution is 6.04. The SMILES string of the molecule is O=C(CN1C(=O)Cc2ccccc21)N1CCC2(CCc3ccccc3O2)CC1. The second-order valence-electron chi connectivity index (χ2n) is 8.06. The molecule has 2 amide bonds. The maximum absolute atomic E-state index is 12.9. The van der Waals surface area contributed by atoms with Crippen molar-refractivity contribution >= 4 is 17.5 Å². The molecule has 0 bridgehead atoms. The Balaban J connectivity index is 1.23. The summed E-state index contributed by atoms with van der Waals surface area (Å²) >= 11 is 0. The third kappa shape index (κ3) is 2.95. The number of piperidine rings is 1. The molecule has 0 unspecified atom stereocenters. The second-order valence-corrected chi connectivity index (χ2v) is 8.06. The summed E-state index contributed by atoms with van der Waals surface area (Å²) in [5.41, 5.74) is 3.01. The first kappa shape index (κ1) is 17.3. The van der Waals surface area contributed by atoms with Gasteiger partial charge in [-0.2, -0.15) is 0 Å². The Bertz CT molecular complexity index is 931. The van der Waals surface area contributed by atoms with Crippen LogP contribution >= 0.6 is 0 Å². The molecule has 0 aliphatic carbocycles. The molecule has 2 aromatic rings. The van der Waals surface area contributed by atoms with E-state index in [9.17, 15) is 9.59 Å². The zero-order valence-corrected chi connectivity index (χ0v) is 15.9. The number of benzene rings is 2. The van der Waals surface area contributed by atoms with Gasteiger partial charge in [0.05, 0.1) is 6.42 Å². The van der Waals surface area contributed by atoms with Gasteiger partial charge in [-0.15, -0.1) is 0 Å². The predicted molar refractivity (Wildman–Crippen MR) is 106 cm³/mol. The third-order valence-electron chi connectivity index (χ3n) is 6.39. The molecule has 3 aliphatic rings. The number of rotatable bonds is 2. The van der Waals surface area contributed by atoms with E-state index in [0.29, 0.717) is 19.5 Å². The summed E-state index contributed by atoms with van der Waals surface area (Å²) in [4.78, 5) is 28.7. The molecule has 5 nitrogen and oxygen atoms in total. The summed E-state index contributed by atoms with van der Waals surface area (Å²) in [5, 5.41) is 0. The number of ether oxygens (including phenoxy) is 1. The molecule has 0 atom stereocenters. The Hall–Kier alpha value is -2.82. The van der Waals surface area contributed by atoms with E-state index in [-0.39, 0.29) is 24.0 Å². The van der Waals surface area contributed by atoms with Gasteiger partial charge in [-0.05, 0) is 36.1 Å². The summed E-state index contributed by atoms with van der Waals surface area (Å²) < 4.78 is 6.38. The maximum Gasteiger partial charge on any atom is 0.242 e. The Morgan fingerprint density at radius 2 is 1.68 bits per heavy atom. The second kappa shape index (κ2) is 6.66. The van der Waals surface area contributed by atoms with Crippen LogP contribution in [0.15, 0.2) is 48.5 Å². The summed E-state index contributed by atoms with van der Waals surface area (Å²) in [6, 6.07) is 16.0. The lowest BCUT2D eigenvalue weighted by atomic mass is 9.83. The molecule has 1 saturated heterocycles. The van der Waals surface area contributed by atoms with E-state index in [4.69, 9.17) is 4.74 Å². The minimum atomic E-state index is -0.152. The fraction of sp³-hybridized carbons (Fsp3) is 0.391. The van der Waals surface area contributed by atoms with Crippen molar-refractivity contribution in [3.8, 4) is 5.75 Å². The average Bonchev–Trinajstić information content (AvgIpc) is 3.04. The van der Waals surface area contributed by atoms with Crippen LogP contribution in [0.5, 0.6) is 5.75 Å². The van der Waals surface area contributed by atoms with Gasteiger partial charge >= 0.3 is 0 Å². The summed E-state index contributed by atoms with van der Waals surface area (Å²) in [6.07, 6.45) is 4.11. The number of anilines is 1. The van der Waals surface area contributed by atoms with E-state index in [1.807, 2.05) is 41.3 Å². The van der Waals surface area contributed by atoms with Crippen molar-refractivity contribution in [3.63, 3.8) is 0 Å². The van der Waals surface area contributed by atoms with Gasteiger partial charge in [-0.25, -0.2) is 0 Å². The standard InChI is InChI=1S/C23H24N2O3/c26-21-15-18-6-1-3-7-19(18)25(21)16-22(27)24-13-11-23(12-14-24)10-9-17-5-2-4-8-20(17)28-23/h1-8H,9-16H2. The third-order valence-corrected chi connectivity index (χ3v) is 6.39. The van der Waals surface area contributed by atoms with Gasteiger partial charge in [-0.3, -0.25) is 9.59 Å². The van der Waals surface area contributed by atoms with E-state index in [0.717, 1.165) is 42.7 Å². The van der Waals surface area contributed by atoms with Crippen LogP contribution in [-0.2, 0) is 22.4 Å². The Kier molecular flexibility index (Phi) is 4.11. The van der Waals surface area contributed by atoms with E-state index in [2.05, 4.69) is 12.1 Å². The largest absolute Gasteiger partial charge is 0.487 e. The highest BCUT2D eigenvalue weighted by atomic mass is 16.5. The van der Waals surface area contributed by atoms with Gasteiger partial charge in [0.2, 0.25) is 11.8 Å². The van der Waals surface area contributed by atoms with Gasteiger partial charge in [0.25, 0.3) is 0 Å². The normalized spacial score (nSPS) is 19.9. The average molecular weight is 376 g/mol. The van der Waals surface area contributed by atoms with E-state index in [1.165, 1.54) is 5.56 Å². The van der Waals surface area contributed by atoms with Crippen LogP contribution in [0.1, 0.15) is 30.4 Å². The lowest BCUT2D eigenvalue weighted by Gasteiger charge is -2.44. The highest BCUT2D eigenvalue weighted by Crippen LogP contribution is 2.39. The molecule has 0 radical (unpaired) electrons. The first-order valence-corrected chi connectivity index (χ1v) is 10.1. The summed E-state index contributed by atoms with van der Waals surface area (Å²) in [5.74, 6) is 1.03. The number of hydrogen-bond donors (Lipinski definition) is 0. The molecule has 5 heteroatoms. The number of amides is 2. The molecule has 3 aliphatic heterocycles. The molecule has 3 heterocycles. The highest BCUT2D eigenvalue weighted by Gasteiger charge is 2.41. The Morgan fingerprint density at radius 3 is 2.50 bits per heavy atom. The number of aryl methyl sites for hydroxylation is 1. The molecule has 5 rings (SSSR count). The molecular weight excluding hydrogens is 352 g/mol. The predicted octanol–water partition coefficient (Wildman–Crippen LogP) is 2.96. The first-order valence-electron chi connectivity index (χ1n) is 10.1. The number of likely N-dealkylation sites (tertiary alicyclic amines) is 1. The van der Waals surface area contributed by atoms with Gasteiger partial charge in [0.15, 0.2) is 0 Å². The van der Waals surface area contributed by atoms with Crippen LogP contribution < -0.4 is 9.64 Å². The number of carbonyl (C=O) groups is 2. The van der Waals surface area contributed by atoms with Crippen molar-refractivity contribution in [2.75, 3.05) is 24.5 Å². The molecule has 2 aromatic carbocycles. The molecule has 1 spiro atoms. The zero-order chi connectivity index (χ0) is 19.1. The quantitative estimate of drug-likeness (QED) is 0.810. The molecule has 144 valence electrons. The number of carbonyl (C=O) groups excluding carboxylic acids is 2. The number of para-hydroxylation sites is 2. The van der Waals surface area contributed by atoms with Crippen LogP contribution in [0.25, 0.3) is 0 Å². The lowest BCUT2D eigenvalue weighted by Crippen LogP contribution is -2.53.